The van der Waals surface area contributed by atoms with Crippen LogP contribution in [0.25, 0.3) is 0 Å². The summed E-state index contributed by atoms with van der Waals surface area (Å²) < 4.78 is 5.13. The van der Waals surface area contributed by atoms with Gasteiger partial charge in [-0.15, -0.1) is 0 Å². The van der Waals surface area contributed by atoms with Crippen LogP contribution in [0.4, 0.5) is 11.4 Å². The fourth-order valence-electron chi connectivity index (χ4n) is 4.27. The molecule has 1 aliphatic rings. The Bertz CT molecular complexity index is 1340. The van der Waals surface area contributed by atoms with E-state index in [2.05, 4.69) is 16.0 Å². The third-order valence-electron chi connectivity index (χ3n) is 6.17. The van der Waals surface area contributed by atoms with Gasteiger partial charge < -0.3 is 20.7 Å². The molecule has 8 nitrogen and oxygen atoms in total. The van der Waals surface area contributed by atoms with E-state index in [0.29, 0.717) is 58.7 Å². The standard InChI is InChI=1S/C29H29N3O5/c1-3-20(17-37-18(2)33)32-24-14-8-12-22-26(24)28(35)21-11-7-13-23(25(21)27(22)34)30-15-16-31-29(36)19-9-5-4-6-10-19/h4-14,20,30,32H,3,15-17H2,1-2H3,(H,31,36). The molecule has 0 aromatic heterocycles. The molecule has 0 saturated heterocycles. The van der Waals surface area contributed by atoms with Crippen molar-refractivity contribution < 1.29 is 23.9 Å². The van der Waals surface area contributed by atoms with Crippen LogP contribution in [0, 0.1) is 0 Å². The molecule has 0 aliphatic heterocycles. The lowest BCUT2D eigenvalue weighted by molar-refractivity contribution is -0.141. The number of carbonyl (C=O) groups excluding carboxylic acids is 4. The SMILES string of the molecule is CCC(COC(C)=O)Nc1cccc2c1C(=O)c1cccc(NCCNC(=O)c3ccccc3)c1C2=O. The quantitative estimate of drug-likeness (QED) is 0.223. The van der Waals surface area contributed by atoms with E-state index in [-0.39, 0.29) is 36.1 Å². The van der Waals surface area contributed by atoms with E-state index in [0.717, 1.165) is 0 Å². The van der Waals surface area contributed by atoms with Crippen molar-refractivity contribution in [1.82, 2.24) is 5.32 Å². The Kier molecular flexibility index (Phi) is 7.98. The summed E-state index contributed by atoms with van der Waals surface area (Å²) in [5, 5.41) is 9.30. The number of amides is 1. The molecule has 3 N–H and O–H groups in total. The molecule has 0 radical (unpaired) electrons. The maximum Gasteiger partial charge on any atom is 0.302 e. The number of anilines is 2. The van der Waals surface area contributed by atoms with Crippen molar-refractivity contribution in [2.45, 2.75) is 26.3 Å². The number of benzene rings is 3. The molecule has 1 unspecified atom stereocenters. The van der Waals surface area contributed by atoms with Crippen molar-refractivity contribution in [2.24, 2.45) is 0 Å². The zero-order chi connectivity index (χ0) is 26.4. The molecule has 1 atom stereocenters. The normalized spacial score (nSPS) is 12.7. The Balaban J connectivity index is 1.51. The summed E-state index contributed by atoms with van der Waals surface area (Å²) in [5.74, 6) is -1.07. The zero-order valence-electron chi connectivity index (χ0n) is 20.8. The fraction of sp³-hybridized carbons (Fsp3) is 0.241. The number of ether oxygens (including phenoxy) is 1. The molecule has 3 aromatic carbocycles. The summed E-state index contributed by atoms with van der Waals surface area (Å²) in [6, 6.07) is 19.0. The second-order valence-electron chi connectivity index (χ2n) is 8.72. The highest BCUT2D eigenvalue weighted by atomic mass is 16.5. The van der Waals surface area contributed by atoms with Crippen LogP contribution in [0.5, 0.6) is 0 Å². The Hall–Kier alpha value is -4.46. The monoisotopic (exact) mass is 499 g/mol. The predicted octanol–water partition coefficient (Wildman–Crippen LogP) is 4.06. The number of fused-ring (bicyclic) bond motifs is 2. The molecule has 0 spiro atoms. The third-order valence-corrected chi connectivity index (χ3v) is 6.17. The zero-order valence-corrected chi connectivity index (χ0v) is 20.8. The highest BCUT2D eigenvalue weighted by molar-refractivity contribution is 6.31. The Morgan fingerprint density at radius 3 is 2.05 bits per heavy atom. The van der Waals surface area contributed by atoms with E-state index in [4.69, 9.17) is 4.74 Å². The van der Waals surface area contributed by atoms with Crippen LogP contribution >= 0.6 is 0 Å². The molecular weight excluding hydrogens is 470 g/mol. The second-order valence-corrected chi connectivity index (χ2v) is 8.72. The number of rotatable bonds is 10. The summed E-state index contributed by atoms with van der Waals surface area (Å²) in [7, 11) is 0. The number of ketones is 2. The van der Waals surface area contributed by atoms with E-state index in [1.54, 1.807) is 60.7 Å². The first kappa shape index (κ1) is 25.6. The smallest absolute Gasteiger partial charge is 0.302 e. The molecule has 1 amide bonds. The summed E-state index contributed by atoms with van der Waals surface area (Å²) in [5.41, 5.74) is 2.90. The maximum atomic E-state index is 13.6. The maximum absolute atomic E-state index is 13.6. The molecule has 0 saturated carbocycles. The van der Waals surface area contributed by atoms with Gasteiger partial charge in [-0.1, -0.05) is 49.4 Å². The van der Waals surface area contributed by atoms with E-state index in [1.165, 1.54) is 6.92 Å². The molecule has 190 valence electrons. The average Bonchev–Trinajstić information content (AvgIpc) is 2.92. The largest absolute Gasteiger partial charge is 0.464 e. The minimum absolute atomic E-state index is 0.156. The molecule has 8 heteroatoms. The lowest BCUT2D eigenvalue weighted by Crippen LogP contribution is -2.30. The predicted molar refractivity (Wildman–Crippen MR) is 141 cm³/mol. The first-order chi connectivity index (χ1) is 17.9. The number of carbonyl (C=O) groups is 4. The van der Waals surface area contributed by atoms with E-state index in [1.807, 2.05) is 13.0 Å². The summed E-state index contributed by atoms with van der Waals surface area (Å²) in [6.07, 6.45) is 0.657. The van der Waals surface area contributed by atoms with Crippen molar-refractivity contribution >= 4 is 34.8 Å². The number of hydrogen-bond acceptors (Lipinski definition) is 7. The minimum Gasteiger partial charge on any atom is -0.464 e. The summed E-state index contributed by atoms with van der Waals surface area (Å²) in [6.45, 7) is 4.16. The van der Waals surface area contributed by atoms with E-state index < -0.39 is 0 Å². The lowest BCUT2D eigenvalue weighted by Gasteiger charge is -2.25. The number of hydrogen-bond donors (Lipinski definition) is 3. The van der Waals surface area contributed by atoms with Gasteiger partial charge >= 0.3 is 5.97 Å². The van der Waals surface area contributed by atoms with Crippen molar-refractivity contribution in [1.29, 1.82) is 0 Å². The summed E-state index contributed by atoms with van der Waals surface area (Å²) in [4.78, 5) is 50.6. The Morgan fingerprint density at radius 1 is 0.811 bits per heavy atom. The molecule has 4 rings (SSSR count). The van der Waals surface area contributed by atoms with E-state index >= 15 is 0 Å². The molecular formula is C29H29N3O5. The Morgan fingerprint density at radius 2 is 1.43 bits per heavy atom. The van der Waals surface area contributed by atoms with Gasteiger partial charge in [-0.25, -0.2) is 0 Å². The molecule has 3 aromatic rings. The third kappa shape index (κ3) is 5.69. The van der Waals surface area contributed by atoms with E-state index in [9.17, 15) is 19.2 Å². The van der Waals surface area contributed by atoms with Crippen LogP contribution in [-0.2, 0) is 9.53 Å². The number of esters is 1. The molecule has 0 fully saturated rings. The minimum atomic E-state index is -0.379. The van der Waals surface area contributed by atoms with Gasteiger partial charge in [-0.2, -0.15) is 0 Å². The Labute approximate surface area is 215 Å². The molecule has 37 heavy (non-hydrogen) atoms. The molecule has 0 heterocycles. The first-order valence-corrected chi connectivity index (χ1v) is 12.2. The molecule has 0 bridgehead atoms. The first-order valence-electron chi connectivity index (χ1n) is 12.2. The van der Waals surface area contributed by atoms with Crippen molar-refractivity contribution in [2.75, 3.05) is 30.3 Å². The lowest BCUT2D eigenvalue weighted by atomic mass is 9.82. The highest BCUT2D eigenvalue weighted by Crippen LogP contribution is 2.35. The van der Waals surface area contributed by atoms with Crippen molar-refractivity contribution in [3.63, 3.8) is 0 Å². The van der Waals surface area contributed by atoms with Crippen LogP contribution in [-0.4, -0.2) is 49.2 Å². The van der Waals surface area contributed by atoms with Gasteiger partial charge in [0.25, 0.3) is 5.91 Å². The van der Waals surface area contributed by atoms with Gasteiger partial charge in [-0.3, -0.25) is 19.2 Å². The van der Waals surface area contributed by atoms with Gasteiger partial charge in [0.2, 0.25) is 0 Å². The topological polar surface area (TPSA) is 114 Å². The van der Waals surface area contributed by atoms with Crippen LogP contribution in [0.1, 0.15) is 62.5 Å². The van der Waals surface area contributed by atoms with Crippen LogP contribution in [0.3, 0.4) is 0 Å². The van der Waals surface area contributed by atoms with Gasteiger partial charge in [0.05, 0.1) is 17.2 Å². The van der Waals surface area contributed by atoms with Crippen LogP contribution in [0.2, 0.25) is 0 Å². The van der Waals surface area contributed by atoms with Crippen molar-refractivity contribution in [3.8, 4) is 0 Å². The second kappa shape index (κ2) is 11.5. The highest BCUT2D eigenvalue weighted by Gasteiger charge is 2.33. The van der Waals surface area contributed by atoms with Gasteiger partial charge in [0.1, 0.15) is 6.61 Å². The average molecular weight is 500 g/mol. The van der Waals surface area contributed by atoms with Crippen molar-refractivity contribution in [3.05, 3.63) is 94.5 Å². The van der Waals surface area contributed by atoms with Crippen LogP contribution in [0.15, 0.2) is 66.7 Å². The molecule has 1 aliphatic carbocycles. The number of nitrogens with one attached hydrogen (secondary N) is 3. The van der Waals surface area contributed by atoms with Gasteiger partial charge in [0.15, 0.2) is 11.6 Å². The fourth-order valence-corrected chi connectivity index (χ4v) is 4.27. The van der Waals surface area contributed by atoms with Gasteiger partial charge in [-0.05, 0) is 30.7 Å². The summed E-state index contributed by atoms with van der Waals surface area (Å²) >= 11 is 0. The van der Waals surface area contributed by atoms with Gasteiger partial charge in [0, 0.05) is 48.1 Å². The van der Waals surface area contributed by atoms with Crippen LogP contribution < -0.4 is 16.0 Å².